The Morgan fingerprint density at radius 1 is 1.02 bits per heavy atom. The second kappa shape index (κ2) is 13.6. The molecule has 0 unspecified atom stereocenters. The number of hydrogen-bond donors (Lipinski definition) is 3. The number of aryl methyl sites for hydroxylation is 2. The van der Waals surface area contributed by atoms with Gasteiger partial charge in [0, 0.05) is 55.2 Å². The highest BCUT2D eigenvalue weighted by Gasteiger charge is 2.37. The maximum Gasteiger partial charge on any atom is 0.451 e. The maximum atomic E-state index is 13.9. The summed E-state index contributed by atoms with van der Waals surface area (Å²) < 4.78 is 54.6. The second-order valence-electron chi connectivity index (χ2n) is 13.0. The monoisotopic (exact) mass is 737 g/mol. The van der Waals surface area contributed by atoms with Crippen molar-refractivity contribution in [3.8, 4) is 28.3 Å². The number of anilines is 2. The number of aliphatic hydroxyl groups excluding tert-OH is 1. The van der Waals surface area contributed by atoms with Crippen LogP contribution in [0.1, 0.15) is 41.4 Å². The van der Waals surface area contributed by atoms with Gasteiger partial charge in [-0.2, -0.15) is 13.2 Å². The van der Waals surface area contributed by atoms with Crippen molar-refractivity contribution in [2.45, 2.75) is 50.6 Å². The summed E-state index contributed by atoms with van der Waals surface area (Å²) in [7, 11) is 4.03. The number of aromatic nitrogens is 5. The van der Waals surface area contributed by atoms with E-state index in [1.54, 1.807) is 26.2 Å². The Labute approximate surface area is 300 Å². The molecular weight excluding hydrogens is 703 g/mol. The fourth-order valence-electron chi connectivity index (χ4n) is 7.05. The standard InChI is InChI=1S/C36H35ClF3N7O5/c1-17-19(7-6-10-22(17)42-30-28-31(45-34(44-30)36(38,39)40)46(2)35(50)47(3)33(28)49)20-8-5-9-21(29(20)37)25-15-18-11-12-24(27(18)32(43-25)51-4)41-23-13-14-52-16-26(23)48/h5-10,15,23-24,26,41,48H,11-14,16H2,1-4H3,(H,42,44,45)/t23-,24+,26+/m1/s1. The van der Waals surface area contributed by atoms with E-state index in [2.05, 4.69) is 20.6 Å². The number of aliphatic hydroxyl groups is 1. The number of methoxy groups -OCH3 is 1. The summed E-state index contributed by atoms with van der Waals surface area (Å²) in [6, 6.07) is 12.5. The number of ether oxygens (including phenoxy) is 2. The first-order valence-electron chi connectivity index (χ1n) is 16.6. The molecule has 0 amide bonds. The summed E-state index contributed by atoms with van der Waals surface area (Å²) >= 11 is 7.13. The molecule has 2 aliphatic rings. The molecule has 0 radical (unpaired) electrons. The lowest BCUT2D eigenvalue weighted by molar-refractivity contribution is -0.144. The zero-order valence-electron chi connectivity index (χ0n) is 28.6. The number of alkyl halides is 3. The summed E-state index contributed by atoms with van der Waals surface area (Å²) in [4.78, 5) is 37.9. The van der Waals surface area contributed by atoms with Gasteiger partial charge in [-0.25, -0.2) is 19.7 Å². The molecule has 0 bridgehead atoms. The number of benzene rings is 2. The number of rotatable bonds is 7. The lowest BCUT2D eigenvalue weighted by atomic mass is 9.96. The minimum atomic E-state index is -4.95. The Hall–Kier alpha value is -4.83. The quantitative estimate of drug-likeness (QED) is 0.204. The number of nitrogens with one attached hydrogen (secondary N) is 2. The van der Waals surface area contributed by atoms with E-state index >= 15 is 0 Å². The normalized spacial score (nSPS) is 18.8. The van der Waals surface area contributed by atoms with Crippen molar-refractivity contribution in [1.82, 2.24) is 29.4 Å². The summed E-state index contributed by atoms with van der Waals surface area (Å²) in [5.74, 6) is -1.44. The average Bonchev–Trinajstić information content (AvgIpc) is 3.53. The Balaban J connectivity index is 1.27. The van der Waals surface area contributed by atoms with Crippen molar-refractivity contribution < 1.29 is 27.8 Å². The summed E-state index contributed by atoms with van der Waals surface area (Å²) in [6.07, 6.45) is -3.28. The summed E-state index contributed by atoms with van der Waals surface area (Å²) in [6.45, 7) is 2.63. The van der Waals surface area contributed by atoms with E-state index < -0.39 is 40.8 Å². The third-order valence-electron chi connectivity index (χ3n) is 9.80. The second-order valence-corrected chi connectivity index (χ2v) is 13.3. The van der Waals surface area contributed by atoms with Crippen LogP contribution in [0, 0.1) is 6.92 Å². The molecule has 2 aromatic carbocycles. The van der Waals surface area contributed by atoms with Crippen LogP contribution in [0.5, 0.6) is 5.88 Å². The number of hydrogen-bond acceptors (Lipinski definition) is 10. The Morgan fingerprint density at radius 2 is 1.75 bits per heavy atom. The molecule has 3 atom stereocenters. The highest BCUT2D eigenvalue weighted by molar-refractivity contribution is 6.36. The van der Waals surface area contributed by atoms with Gasteiger partial charge in [0.1, 0.15) is 11.2 Å². The smallest absolute Gasteiger partial charge is 0.451 e. The van der Waals surface area contributed by atoms with Crippen molar-refractivity contribution >= 4 is 34.1 Å². The molecule has 4 heterocycles. The van der Waals surface area contributed by atoms with E-state index in [4.69, 9.17) is 26.1 Å². The fraction of sp³-hybridized carbons (Fsp3) is 0.361. The molecule has 3 N–H and O–H groups in total. The van der Waals surface area contributed by atoms with Gasteiger partial charge in [0.25, 0.3) is 5.56 Å². The average molecular weight is 738 g/mol. The van der Waals surface area contributed by atoms with Crippen LogP contribution >= 0.6 is 11.6 Å². The minimum Gasteiger partial charge on any atom is -0.481 e. The molecular formula is C36H35ClF3N7O5. The Morgan fingerprint density at radius 3 is 2.48 bits per heavy atom. The van der Waals surface area contributed by atoms with Crippen molar-refractivity contribution in [3.05, 3.63) is 90.8 Å². The van der Waals surface area contributed by atoms with E-state index in [9.17, 15) is 27.9 Å². The molecule has 1 aliphatic carbocycles. The van der Waals surface area contributed by atoms with Crippen LogP contribution in [-0.2, 0) is 31.4 Å². The number of pyridine rings is 1. The lowest BCUT2D eigenvalue weighted by Crippen LogP contribution is -2.47. The van der Waals surface area contributed by atoms with Gasteiger partial charge in [0.05, 0.1) is 30.5 Å². The van der Waals surface area contributed by atoms with Crippen LogP contribution in [0.3, 0.4) is 0 Å². The van der Waals surface area contributed by atoms with Crippen molar-refractivity contribution in [3.63, 3.8) is 0 Å². The molecule has 0 spiro atoms. The van der Waals surface area contributed by atoms with E-state index in [1.165, 1.54) is 14.1 Å². The molecule has 272 valence electrons. The molecule has 12 nitrogen and oxygen atoms in total. The maximum absolute atomic E-state index is 13.9. The molecule has 7 rings (SSSR count). The molecule has 1 saturated heterocycles. The number of fused-ring (bicyclic) bond motifs is 2. The van der Waals surface area contributed by atoms with E-state index in [0.29, 0.717) is 57.6 Å². The van der Waals surface area contributed by atoms with Gasteiger partial charge in [-0.1, -0.05) is 41.9 Å². The van der Waals surface area contributed by atoms with Crippen molar-refractivity contribution in [1.29, 1.82) is 0 Å². The van der Waals surface area contributed by atoms with Crippen molar-refractivity contribution in [2.24, 2.45) is 14.1 Å². The molecule has 1 fully saturated rings. The van der Waals surface area contributed by atoms with Crippen LogP contribution in [0.4, 0.5) is 24.7 Å². The van der Waals surface area contributed by atoms with Gasteiger partial charge in [-0.05, 0) is 55.0 Å². The molecule has 0 saturated carbocycles. The van der Waals surface area contributed by atoms with Crippen LogP contribution in [0.2, 0.25) is 5.02 Å². The number of halogens is 4. The first-order valence-corrected chi connectivity index (χ1v) is 17.0. The third-order valence-corrected chi connectivity index (χ3v) is 10.2. The largest absolute Gasteiger partial charge is 0.481 e. The highest BCUT2D eigenvalue weighted by Crippen LogP contribution is 2.43. The third kappa shape index (κ3) is 6.21. The highest BCUT2D eigenvalue weighted by atomic mass is 35.5. The van der Waals surface area contributed by atoms with Crippen LogP contribution < -0.4 is 26.6 Å². The summed E-state index contributed by atoms with van der Waals surface area (Å²) in [5.41, 5.74) is 3.39. The molecule has 3 aromatic heterocycles. The van der Waals surface area contributed by atoms with Gasteiger partial charge in [-0.15, -0.1) is 0 Å². The predicted molar refractivity (Wildman–Crippen MR) is 189 cm³/mol. The fourth-order valence-corrected chi connectivity index (χ4v) is 7.37. The van der Waals surface area contributed by atoms with Crippen LogP contribution in [0.15, 0.2) is 52.1 Å². The van der Waals surface area contributed by atoms with Gasteiger partial charge >= 0.3 is 11.9 Å². The van der Waals surface area contributed by atoms with Crippen LogP contribution in [0.25, 0.3) is 33.4 Å². The van der Waals surface area contributed by atoms with Crippen LogP contribution in [-0.4, -0.2) is 61.7 Å². The zero-order chi connectivity index (χ0) is 37.1. The topological polar surface area (TPSA) is 145 Å². The number of nitrogens with zero attached hydrogens (tertiary/aromatic N) is 5. The van der Waals surface area contributed by atoms with Gasteiger partial charge in [-0.3, -0.25) is 13.9 Å². The lowest BCUT2D eigenvalue weighted by Gasteiger charge is -2.31. The van der Waals surface area contributed by atoms with Gasteiger partial charge in [0.15, 0.2) is 5.65 Å². The zero-order valence-corrected chi connectivity index (χ0v) is 29.4. The van der Waals surface area contributed by atoms with E-state index in [0.717, 1.165) is 33.1 Å². The Bertz CT molecular complexity index is 2350. The summed E-state index contributed by atoms with van der Waals surface area (Å²) in [5, 5.41) is 17.1. The van der Waals surface area contributed by atoms with Crippen molar-refractivity contribution in [2.75, 3.05) is 25.6 Å². The SMILES string of the molecule is COc1nc(-c2cccc(-c3cccc(Nc4nc(C(F)(F)F)nc5c4c(=O)n(C)c(=O)n5C)c3C)c2Cl)cc2c1[C@@H](N[C@@H]1CCOC[C@@H]1O)CC2. The molecule has 16 heteroatoms. The first kappa shape index (κ1) is 35.6. The predicted octanol–water partition coefficient (Wildman–Crippen LogP) is 5.22. The first-order chi connectivity index (χ1) is 24.8. The van der Waals surface area contributed by atoms with E-state index in [-0.39, 0.29) is 24.1 Å². The molecule has 5 aromatic rings. The minimum absolute atomic E-state index is 0.0479. The Kier molecular flexibility index (Phi) is 9.31. The molecule has 1 aliphatic heterocycles. The van der Waals surface area contributed by atoms with E-state index in [1.807, 2.05) is 30.3 Å². The van der Waals surface area contributed by atoms with Gasteiger partial charge in [0.2, 0.25) is 11.7 Å². The van der Waals surface area contributed by atoms with Gasteiger partial charge < -0.3 is 25.2 Å². The molecule has 52 heavy (non-hydrogen) atoms.